The van der Waals surface area contributed by atoms with Gasteiger partial charge in [-0.3, -0.25) is 4.79 Å². The number of nitrogens with one attached hydrogen (secondary N) is 1. The van der Waals surface area contributed by atoms with Crippen LogP contribution in [0.1, 0.15) is 27.0 Å². The van der Waals surface area contributed by atoms with Crippen LogP contribution >= 0.6 is 11.8 Å². The summed E-state index contributed by atoms with van der Waals surface area (Å²) in [5.41, 5.74) is 3.89. The molecule has 0 spiro atoms. The number of anilines is 1. The zero-order valence-corrected chi connectivity index (χ0v) is 15.4. The molecule has 0 aliphatic carbocycles. The maximum Gasteiger partial charge on any atom is 0.255 e. The smallest absolute Gasteiger partial charge is 0.255 e. The molecule has 0 bridgehead atoms. The van der Waals surface area contributed by atoms with E-state index in [1.54, 1.807) is 30.0 Å². The van der Waals surface area contributed by atoms with Crippen molar-refractivity contribution in [1.29, 1.82) is 5.26 Å². The van der Waals surface area contributed by atoms with Crippen LogP contribution in [0.3, 0.4) is 0 Å². The molecule has 0 saturated carbocycles. The van der Waals surface area contributed by atoms with E-state index in [1.807, 2.05) is 50.2 Å². The van der Waals surface area contributed by atoms with Gasteiger partial charge in [0.2, 0.25) is 0 Å². The minimum absolute atomic E-state index is 0.177. The molecular formula is C22H18N2OS. The number of hydrogen-bond donors (Lipinski definition) is 1. The van der Waals surface area contributed by atoms with Crippen molar-refractivity contribution in [1.82, 2.24) is 0 Å². The Kier molecular flexibility index (Phi) is 5.40. The van der Waals surface area contributed by atoms with Crippen LogP contribution in [0, 0.1) is 25.2 Å². The quantitative estimate of drug-likeness (QED) is 0.662. The summed E-state index contributed by atoms with van der Waals surface area (Å²) in [5, 5.41) is 12.2. The van der Waals surface area contributed by atoms with Gasteiger partial charge in [-0.25, -0.2) is 0 Å². The van der Waals surface area contributed by atoms with Crippen LogP contribution in [-0.4, -0.2) is 5.91 Å². The van der Waals surface area contributed by atoms with Gasteiger partial charge in [-0.2, -0.15) is 5.26 Å². The lowest BCUT2D eigenvalue weighted by Crippen LogP contribution is -2.14. The fourth-order valence-corrected chi connectivity index (χ4v) is 3.42. The van der Waals surface area contributed by atoms with Crippen molar-refractivity contribution in [2.24, 2.45) is 0 Å². The highest BCUT2D eigenvalue weighted by molar-refractivity contribution is 7.99. The van der Waals surface area contributed by atoms with E-state index in [9.17, 15) is 10.1 Å². The van der Waals surface area contributed by atoms with E-state index in [-0.39, 0.29) is 5.91 Å². The molecule has 3 aromatic rings. The number of amides is 1. The Morgan fingerprint density at radius 3 is 2.42 bits per heavy atom. The minimum atomic E-state index is -0.177. The number of hydrogen-bond acceptors (Lipinski definition) is 3. The Bertz CT molecular complexity index is 988. The van der Waals surface area contributed by atoms with Gasteiger partial charge in [0.05, 0.1) is 17.3 Å². The molecule has 0 heterocycles. The van der Waals surface area contributed by atoms with Crippen molar-refractivity contribution in [3.63, 3.8) is 0 Å². The SMILES string of the molecule is Cc1ccc(Sc2ccc(C#N)cc2NC(=O)c2ccccc2C)cc1. The van der Waals surface area contributed by atoms with Crippen LogP contribution < -0.4 is 5.32 Å². The van der Waals surface area contributed by atoms with Gasteiger partial charge in [0.1, 0.15) is 0 Å². The van der Waals surface area contributed by atoms with Gasteiger partial charge >= 0.3 is 0 Å². The molecule has 0 aliphatic rings. The molecular weight excluding hydrogens is 340 g/mol. The minimum Gasteiger partial charge on any atom is -0.321 e. The first-order chi connectivity index (χ1) is 12.6. The third-order valence-corrected chi connectivity index (χ3v) is 5.08. The standard InChI is InChI=1S/C22H18N2OS/c1-15-7-10-18(11-8-15)26-21-12-9-17(14-23)13-20(21)24-22(25)19-6-4-3-5-16(19)2/h3-13H,1-2H3,(H,24,25). The van der Waals surface area contributed by atoms with E-state index in [0.29, 0.717) is 16.8 Å². The molecule has 0 radical (unpaired) electrons. The summed E-state index contributed by atoms with van der Waals surface area (Å²) in [4.78, 5) is 14.7. The fourth-order valence-electron chi connectivity index (χ4n) is 2.54. The number of aryl methyl sites for hydroxylation is 2. The van der Waals surface area contributed by atoms with E-state index >= 15 is 0 Å². The van der Waals surface area contributed by atoms with Crippen molar-refractivity contribution in [2.45, 2.75) is 23.6 Å². The third kappa shape index (κ3) is 4.14. The number of nitriles is 1. The van der Waals surface area contributed by atoms with Gasteiger partial charge in [-0.05, 0) is 55.8 Å². The van der Waals surface area contributed by atoms with Gasteiger partial charge in [-0.15, -0.1) is 0 Å². The summed E-state index contributed by atoms with van der Waals surface area (Å²) in [5.74, 6) is -0.177. The van der Waals surface area contributed by atoms with Crippen LogP contribution in [-0.2, 0) is 0 Å². The molecule has 3 nitrogen and oxygen atoms in total. The van der Waals surface area contributed by atoms with Crippen LogP contribution in [0.2, 0.25) is 0 Å². The monoisotopic (exact) mass is 358 g/mol. The second kappa shape index (κ2) is 7.90. The first-order valence-electron chi connectivity index (χ1n) is 8.22. The van der Waals surface area contributed by atoms with Gasteiger partial charge in [-0.1, -0.05) is 47.7 Å². The Morgan fingerprint density at radius 2 is 1.73 bits per heavy atom. The Hall–Kier alpha value is -3.03. The third-order valence-electron chi connectivity index (χ3n) is 4.00. The Morgan fingerprint density at radius 1 is 1.00 bits per heavy atom. The van der Waals surface area contributed by atoms with E-state index in [0.717, 1.165) is 15.4 Å². The highest BCUT2D eigenvalue weighted by atomic mass is 32.2. The van der Waals surface area contributed by atoms with Crippen LogP contribution in [0.4, 0.5) is 5.69 Å². The first kappa shape index (κ1) is 17.8. The van der Waals surface area contributed by atoms with E-state index < -0.39 is 0 Å². The van der Waals surface area contributed by atoms with Gasteiger partial charge in [0, 0.05) is 15.4 Å². The number of carbonyl (C=O) groups excluding carboxylic acids is 1. The van der Waals surface area contributed by atoms with Crippen molar-refractivity contribution in [3.8, 4) is 6.07 Å². The molecule has 3 aromatic carbocycles. The molecule has 1 amide bonds. The number of rotatable bonds is 4. The van der Waals surface area contributed by atoms with Crippen LogP contribution in [0.25, 0.3) is 0 Å². The maximum absolute atomic E-state index is 12.7. The highest BCUT2D eigenvalue weighted by Gasteiger charge is 2.13. The predicted molar refractivity (Wildman–Crippen MR) is 106 cm³/mol. The van der Waals surface area contributed by atoms with Crippen molar-refractivity contribution in [3.05, 3.63) is 89.0 Å². The van der Waals surface area contributed by atoms with E-state index in [2.05, 4.69) is 23.5 Å². The van der Waals surface area contributed by atoms with Crippen LogP contribution in [0.15, 0.2) is 76.5 Å². The van der Waals surface area contributed by atoms with E-state index in [4.69, 9.17) is 0 Å². The summed E-state index contributed by atoms with van der Waals surface area (Å²) in [6.45, 7) is 3.95. The van der Waals surface area contributed by atoms with Crippen molar-refractivity contribution < 1.29 is 4.79 Å². The molecule has 0 saturated heterocycles. The molecule has 26 heavy (non-hydrogen) atoms. The maximum atomic E-state index is 12.7. The summed E-state index contributed by atoms with van der Waals surface area (Å²) in [7, 11) is 0. The normalized spacial score (nSPS) is 10.2. The molecule has 0 aliphatic heterocycles. The lowest BCUT2D eigenvalue weighted by molar-refractivity contribution is 0.102. The Labute approximate surface area is 157 Å². The average molecular weight is 358 g/mol. The largest absolute Gasteiger partial charge is 0.321 e. The first-order valence-corrected chi connectivity index (χ1v) is 9.04. The molecule has 128 valence electrons. The number of nitrogens with zero attached hydrogens (tertiary/aromatic N) is 1. The highest BCUT2D eigenvalue weighted by Crippen LogP contribution is 2.34. The van der Waals surface area contributed by atoms with Crippen molar-refractivity contribution in [2.75, 3.05) is 5.32 Å². The number of carbonyl (C=O) groups is 1. The van der Waals surface area contributed by atoms with Crippen molar-refractivity contribution >= 4 is 23.4 Å². The lowest BCUT2D eigenvalue weighted by atomic mass is 10.1. The van der Waals surface area contributed by atoms with Gasteiger partial charge in [0.25, 0.3) is 5.91 Å². The second-order valence-corrected chi connectivity index (χ2v) is 7.12. The Balaban J connectivity index is 1.92. The molecule has 0 fully saturated rings. The van der Waals surface area contributed by atoms with E-state index in [1.165, 1.54) is 5.56 Å². The topological polar surface area (TPSA) is 52.9 Å². The zero-order chi connectivity index (χ0) is 18.5. The molecule has 1 N–H and O–H groups in total. The molecule has 0 aromatic heterocycles. The lowest BCUT2D eigenvalue weighted by Gasteiger charge is -2.12. The average Bonchev–Trinajstić information content (AvgIpc) is 2.65. The van der Waals surface area contributed by atoms with Gasteiger partial charge in [0.15, 0.2) is 0 Å². The molecule has 0 unspecified atom stereocenters. The second-order valence-electron chi connectivity index (χ2n) is 6.01. The number of benzene rings is 3. The molecule has 0 atom stereocenters. The molecule has 3 rings (SSSR count). The van der Waals surface area contributed by atoms with Crippen LogP contribution in [0.5, 0.6) is 0 Å². The summed E-state index contributed by atoms with van der Waals surface area (Å²) >= 11 is 1.56. The summed E-state index contributed by atoms with van der Waals surface area (Å²) in [6.07, 6.45) is 0. The van der Waals surface area contributed by atoms with Gasteiger partial charge < -0.3 is 5.32 Å². The molecule has 4 heteroatoms. The summed E-state index contributed by atoms with van der Waals surface area (Å²) in [6, 6.07) is 23.1. The summed E-state index contributed by atoms with van der Waals surface area (Å²) < 4.78 is 0. The fraction of sp³-hybridized carbons (Fsp3) is 0.0909. The predicted octanol–water partition coefficient (Wildman–Crippen LogP) is 5.58. The zero-order valence-electron chi connectivity index (χ0n) is 14.6.